The molecule has 144 valence electrons. The van der Waals surface area contributed by atoms with E-state index in [1.165, 1.54) is 27.7 Å². The SMILES string of the molecule is CCNC(=NCc1c(C)nn(C)c1C)NCCCc1c[nH]c2ccccc12. The third-order valence-electron chi connectivity index (χ3n) is 4.99. The van der Waals surface area contributed by atoms with Crippen LogP contribution in [0.5, 0.6) is 0 Å². The molecule has 0 unspecified atom stereocenters. The minimum absolute atomic E-state index is 0.642. The summed E-state index contributed by atoms with van der Waals surface area (Å²) in [5, 5.41) is 12.6. The van der Waals surface area contributed by atoms with E-state index in [4.69, 9.17) is 4.99 Å². The molecule has 0 saturated heterocycles. The predicted molar refractivity (Wildman–Crippen MR) is 112 cm³/mol. The summed E-state index contributed by atoms with van der Waals surface area (Å²) in [5.41, 5.74) is 6.00. The molecule has 0 aliphatic carbocycles. The van der Waals surface area contributed by atoms with Gasteiger partial charge in [-0.1, -0.05) is 18.2 Å². The van der Waals surface area contributed by atoms with Gasteiger partial charge in [-0.3, -0.25) is 4.68 Å². The maximum atomic E-state index is 4.74. The number of fused-ring (bicyclic) bond motifs is 1. The third-order valence-corrected chi connectivity index (χ3v) is 4.99. The Balaban J connectivity index is 1.55. The van der Waals surface area contributed by atoms with Crippen LogP contribution in [-0.2, 0) is 20.0 Å². The van der Waals surface area contributed by atoms with E-state index in [-0.39, 0.29) is 0 Å². The fraction of sp³-hybridized carbons (Fsp3) is 0.429. The summed E-state index contributed by atoms with van der Waals surface area (Å²) in [6.07, 6.45) is 4.21. The van der Waals surface area contributed by atoms with Crippen LogP contribution in [-0.4, -0.2) is 33.8 Å². The molecule has 3 N–H and O–H groups in total. The molecule has 0 atom stereocenters. The molecule has 0 aliphatic rings. The van der Waals surface area contributed by atoms with Gasteiger partial charge in [0.15, 0.2) is 5.96 Å². The van der Waals surface area contributed by atoms with Gasteiger partial charge in [-0.25, -0.2) is 4.99 Å². The van der Waals surface area contributed by atoms with Crippen LogP contribution in [0.15, 0.2) is 35.5 Å². The average Bonchev–Trinajstić information content (AvgIpc) is 3.18. The van der Waals surface area contributed by atoms with Crippen molar-refractivity contribution >= 4 is 16.9 Å². The first-order chi connectivity index (χ1) is 13.1. The van der Waals surface area contributed by atoms with E-state index in [2.05, 4.69) is 65.0 Å². The molecule has 0 aliphatic heterocycles. The van der Waals surface area contributed by atoms with Gasteiger partial charge in [0, 0.05) is 48.5 Å². The molecule has 0 radical (unpaired) electrons. The fourth-order valence-corrected chi connectivity index (χ4v) is 3.37. The molecule has 6 heteroatoms. The first-order valence-electron chi connectivity index (χ1n) is 9.66. The number of H-pyrrole nitrogens is 1. The van der Waals surface area contributed by atoms with E-state index in [1.54, 1.807) is 0 Å². The second-order valence-electron chi connectivity index (χ2n) is 6.86. The number of aliphatic imine (C=N–C) groups is 1. The van der Waals surface area contributed by atoms with Crippen molar-refractivity contribution in [2.75, 3.05) is 13.1 Å². The molecule has 0 spiro atoms. The topological polar surface area (TPSA) is 70.0 Å². The van der Waals surface area contributed by atoms with Crippen LogP contribution in [0, 0.1) is 13.8 Å². The summed E-state index contributed by atoms with van der Waals surface area (Å²) in [6, 6.07) is 8.46. The Hall–Kier alpha value is -2.76. The van der Waals surface area contributed by atoms with Crippen LogP contribution in [0.2, 0.25) is 0 Å². The molecule has 0 bridgehead atoms. The van der Waals surface area contributed by atoms with E-state index in [9.17, 15) is 0 Å². The van der Waals surface area contributed by atoms with E-state index >= 15 is 0 Å². The van der Waals surface area contributed by atoms with Crippen LogP contribution in [0.3, 0.4) is 0 Å². The van der Waals surface area contributed by atoms with Crippen LogP contribution in [0.25, 0.3) is 10.9 Å². The second-order valence-corrected chi connectivity index (χ2v) is 6.86. The summed E-state index contributed by atoms with van der Waals surface area (Å²) in [5.74, 6) is 0.860. The fourth-order valence-electron chi connectivity index (χ4n) is 3.37. The Kier molecular flexibility index (Phi) is 6.16. The summed E-state index contributed by atoms with van der Waals surface area (Å²) >= 11 is 0. The van der Waals surface area contributed by atoms with Gasteiger partial charge in [0.25, 0.3) is 0 Å². The molecule has 2 heterocycles. The lowest BCUT2D eigenvalue weighted by Crippen LogP contribution is -2.37. The summed E-state index contributed by atoms with van der Waals surface area (Å²) in [7, 11) is 1.98. The second kappa shape index (κ2) is 8.75. The van der Waals surface area contributed by atoms with Crippen molar-refractivity contribution in [1.29, 1.82) is 0 Å². The number of rotatable bonds is 7. The molecule has 0 fully saturated rings. The minimum atomic E-state index is 0.642. The van der Waals surface area contributed by atoms with Gasteiger partial charge in [-0.15, -0.1) is 0 Å². The van der Waals surface area contributed by atoms with Gasteiger partial charge < -0.3 is 15.6 Å². The predicted octanol–water partition coefficient (Wildman–Crippen LogP) is 3.21. The quantitative estimate of drug-likeness (QED) is 0.342. The van der Waals surface area contributed by atoms with E-state index in [0.717, 1.165) is 37.6 Å². The molecule has 1 aromatic carbocycles. The number of aryl methyl sites for hydroxylation is 3. The van der Waals surface area contributed by atoms with E-state index < -0.39 is 0 Å². The van der Waals surface area contributed by atoms with Gasteiger partial charge in [0.1, 0.15) is 0 Å². The summed E-state index contributed by atoms with van der Waals surface area (Å²) in [4.78, 5) is 8.08. The van der Waals surface area contributed by atoms with Crippen LogP contribution in [0.4, 0.5) is 0 Å². The van der Waals surface area contributed by atoms with Gasteiger partial charge in [0.2, 0.25) is 0 Å². The zero-order valence-electron chi connectivity index (χ0n) is 16.8. The van der Waals surface area contributed by atoms with Gasteiger partial charge >= 0.3 is 0 Å². The average molecular weight is 367 g/mol. The molecule has 2 aromatic heterocycles. The number of aromatic amines is 1. The van der Waals surface area contributed by atoms with Crippen LogP contribution in [0.1, 0.15) is 35.9 Å². The Morgan fingerprint density at radius 3 is 2.78 bits per heavy atom. The molecule has 0 amide bonds. The highest BCUT2D eigenvalue weighted by atomic mass is 15.3. The first kappa shape index (κ1) is 19.0. The van der Waals surface area contributed by atoms with Crippen molar-refractivity contribution in [1.82, 2.24) is 25.4 Å². The zero-order chi connectivity index (χ0) is 19.2. The van der Waals surface area contributed by atoms with E-state index in [1.807, 2.05) is 18.7 Å². The molecule has 3 aromatic rings. The number of nitrogens with one attached hydrogen (secondary N) is 3. The van der Waals surface area contributed by atoms with Crippen molar-refractivity contribution in [3.05, 3.63) is 53.0 Å². The highest BCUT2D eigenvalue weighted by Crippen LogP contribution is 2.18. The van der Waals surface area contributed by atoms with Crippen molar-refractivity contribution in [2.24, 2.45) is 12.0 Å². The first-order valence-corrected chi connectivity index (χ1v) is 9.66. The number of nitrogens with zero attached hydrogens (tertiary/aromatic N) is 3. The monoisotopic (exact) mass is 366 g/mol. The molecule has 27 heavy (non-hydrogen) atoms. The lowest BCUT2D eigenvalue weighted by molar-refractivity contribution is 0.729. The van der Waals surface area contributed by atoms with Crippen molar-refractivity contribution in [2.45, 2.75) is 40.2 Å². The Morgan fingerprint density at radius 2 is 2.04 bits per heavy atom. The Bertz CT molecular complexity index is 918. The highest BCUT2D eigenvalue weighted by Gasteiger charge is 2.09. The van der Waals surface area contributed by atoms with Gasteiger partial charge in [-0.05, 0) is 45.2 Å². The number of benzene rings is 1. The third kappa shape index (κ3) is 4.51. The molecule has 0 saturated carbocycles. The smallest absolute Gasteiger partial charge is 0.191 e. The lowest BCUT2D eigenvalue weighted by Gasteiger charge is -2.11. The van der Waals surface area contributed by atoms with Crippen LogP contribution >= 0.6 is 0 Å². The normalized spacial score (nSPS) is 11.9. The van der Waals surface area contributed by atoms with Gasteiger partial charge in [0.05, 0.1) is 12.2 Å². The number of aromatic nitrogens is 3. The molecule has 6 nitrogen and oxygen atoms in total. The molecule has 3 rings (SSSR count). The number of para-hydroxylation sites is 1. The number of hydrogen-bond donors (Lipinski definition) is 3. The summed E-state index contributed by atoms with van der Waals surface area (Å²) in [6.45, 7) is 8.59. The molecular formula is C21H30N6. The number of guanidine groups is 1. The molecular weight excluding hydrogens is 336 g/mol. The standard InChI is InChI=1S/C21H30N6/c1-5-22-21(25-14-19-15(2)26-27(4)16(19)3)23-12-8-9-17-13-24-20-11-7-6-10-18(17)20/h6-7,10-11,13,24H,5,8-9,12,14H2,1-4H3,(H2,22,23,25). The zero-order valence-corrected chi connectivity index (χ0v) is 16.8. The van der Waals surface area contributed by atoms with E-state index in [0.29, 0.717) is 6.54 Å². The Labute approximate surface area is 161 Å². The van der Waals surface area contributed by atoms with Crippen molar-refractivity contribution in [3.63, 3.8) is 0 Å². The summed E-state index contributed by atoms with van der Waals surface area (Å²) < 4.78 is 1.92. The maximum absolute atomic E-state index is 4.74. The van der Waals surface area contributed by atoms with Crippen molar-refractivity contribution in [3.8, 4) is 0 Å². The highest BCUT2D eigenvalue weighted by molar-refractivity contribution is 5.83. The van der Waals surface area contributed by atoms with Crippen molar-refractivity contribution < 1.29 is 0 Å². The minimum Gasteiger partial charge on any atom is -0.361 e. The largest absolute Gasteiger partial charge is 0.361 e. The van der Waals surface area contributed by atoms with Crippen LogP contribution < -0.4 is 10.6 Å². The van der Waals surface area contributed by atoms with Gasteiger partial charge in [-0.2, -0.15) is 5.10 Å². The lowest BCUT2D eigenvalue weighted by atomic mass is 10.1. The maximum Gasteiger partial charge on any atom is 0.191 e. The Morgan fingerprint density at radius 1 is 1.22 bits per heavy atom. The number of hydrogen-bond acceptors (Lipinski definition) is 2.